The SMILES string of the molecule is C[C@@H](C(=O)N(Cc1ccccc1F)C1Cc2ccccc2C1)N1CCc2ccccc2[C@@H]1c1cccc2ccccc12. The number of hydrogen-bond acceptors (Lipinski definition) is 2. The van der Waals surface area contributed by atoms with Gasteiger partial charge in [0, 0.05) is 24.7 Å². The van der Waals surface area contributed by atoms with Gasteiger partial charge < -0.3 is 4.90 Å². The van der Waals surface area contributed by atoms with Gasteiger partial charge in [-0.2, -0.15) is 0 Å². The lowest BCUT2D eigenvalue weighted by atomic mass is 9.85. The smallest absolute Gasteiger partial charge is 0.240 e. The minimum Gasteiger partial charge on any atom is -0.333 e. The number of carbonyl (C=O) groups excluding carboxylic acids is 1. The Morgan fingerprint density at radius 3 is 2.19 bits per heavy atom. The van der Waals surface area contributed by atoms with Gasteiger partial charge in [-0.3, -0.25) is 9.69 Å². The van der Waals surface area contributed by atoms with E-state index in [4.69, 9.17) is 0 Å². The normalized spacial score (nSPS) is 17.5. The molecule has 0 saturated heterocycles. The van der Waals surface area contributed by atoms with E-state index in [1.54, 1.807) is 12.1 Å². The fourth-order valence-electron chi connectivity index (χ4n) is 7.17. The second-order valence-corrected chi connectivity index (χ2v) is 11.7. The molecule has 2 aliphatic rings. The van der Waals surface area contributed by atoms with Gasteiger partial charge >= 0.3 is 0 Å². The van der Waals surface area contributed by atoms with E-state index in [2.05, 4.69) is 95.9 Å². The van der Waals surface area contributed by atoms with Gasteiger partial charge in [0.2, 0.25) is 5.91 Å². The molecule has 1 aliphatic heterocycles. The number of hydrogen-bond donors (Lipinski definition) is 0. The van der Waals surface area contributed by atoms with Crippen LogP contribution in [0.4, 0.5) is 4.39 Å². The fraction of sp³-hybridized carbons (Fsp3) is 0.237. The summed E-state index contributed by atoms with van der Waals surface area (Å²) >= 11 is 0. The number of halogens is 1. The Morgan fingerprint density at radius 2 is 1.40 bits per heavy atom. The first-order chi connectivity index (χ1) is 20.6. The molecular formula is C38H35FN2O. The quantitative estimate of drug-likeness (QED) is 0.217. The average Bonchev–Trinajstić information content (AvgIpc) is 3.47. The average molecular weight is 555 g/mol. The van der Waals surface area contributed by atoms with Crippen molar-refractivity contribution in [1.82, 2.24) is 9.80 Å². The van der Waals surface area contributed by atoms with Gasteiger partial charge in [-0.1, -0.05) is 109 Å². The Bertz CT molecular complexity index is 1730. The number of benzene rings is 5. The zero-order valence-electron chi connectivity index (χ0n) is 23.9. The standard InChI is InChI=1S/C38H35FN2O/c1-26(38(42)41(25-31-15-6-9-20-36(31)39)32-23-29-13-2-3-14-30(29)24-32)40-22-21-28-12-5-8-18-34(28)37(40)35-19-10-16-27-11-4-7-17-33(27)35/h2-20,26,32,37H,21-25H2,1H3/t26-,37+/m0/s1. The summed E-state index contributed by atoms with van der Waals surface area (Å²) < 4.78 is 15.0. The molecule has 0 saturated carbocycles. The predicted molar refractivity (Wildman–Crippen MR) is 167 cm³/mol. The van der Waals surface area contributed by atoms with Crippen LogP contribution in [-0.4, -0.2) is 34.3 Å². The molecule has 1 aliphatic carbocycles. The van der Waals surface area contributed by atoms with E-state index in [1.807, 2.05) is 17.9 Å². The molecule has 0 fully saturated rings. The van der Waals surface area contributed by atoms with Crippen molar-refractivity contribution < 1.29 is 9.18 Å². The maximum atomic E-state index is 15.0. The molecule has 42 heavy (non-hydrogen) atoms. The molecule has 2 atom stereocenters. The van der Waals surface area contributed by atoms with Crippen molar-refractivity contribution in [1.29, 1.82) is 0 Å². The number of nitrogens with zero attached hydrogens (tertiary/aromatic N) is 2. The highest BCUT2D eigenvalue weighted by Crippen LogP contribution is 2.40. The fourth-order valence-corrected chi connectivity index (χ4v) is 7.17. The van der Waals surface area contributed by atoms with Crippen LogP contribution in [0, 0.1) is 5.82 Å². The maximum Gasteiger partial charge on any atom is 0.240 e. The van der Waals surface area contributed by atoms with Gasteiger partial charge in [0.15, 0.2) is 0 Å². The lowest BCUT2D eigenvalue weighted by Crippen LogP contribution is -2.53. The van der Waals surface area contributed by atoms with Gasteiger partial charge in [-0.05, 0) is 70.8 Å². The van der Waals surface area contributed by atoms with E-state index in [-0.39, 0.29) is 30.4 Å². The number of amides is 1. The molecular weight excluding hydrogens is 519 g/mol. The zero-order chi connectivity index (χ0) is 28.6. The Kier molecular flexibility index (Phi) is 7.09. The summed E-state index contributed by atoms with van der Waals surface area (Å²) in [7, 11) is 0. The number of fused-ring (bicyclic) bond motifs is 3. The highest BCUT2D eigenvalue weighted by atomic mass is 19.1. The van der Waals surface area contributed by atoms with Gasteiger partial charge in [0.25, 0.3) is 0 Å². The predicted octanol–water partition coefficient (Wildman–Crippen LogP) is 7.51. The van der Waals surface area contributed by atoms with Crippen LogP contribution < -0.4 is 0 Å². The van der Waals surface area contributed by atoms with E-state index in [9.17, 15) is 9.18 Å². The van der Waals surface area contributed by atoms with Crippen molar-refractivity contribution in [3.8, 4) is 0 Å². The van der Waals surface area contributed by atoms with Crippen molar-refractivity contribution in [3.05, 3.63) is 154 Å². The van der Waals surface area contributed by atoms with Crippen LogP contribution in [-0.2, 0) is 30.6 Å². The summed E-state index contributed by atoms with van der Waals surface area (Å²) in [5, 5.41) is 2.41. The Hall–Kier alpha value is -4.28. The first-order valence-corrected chi connectivity index (χ1v) is 15.0. The van der Waals surface area contributed by atoms with Crippen LogP contribution in [0.5, 0.6) is 0 Å². The second kappa shape index (κ2) is 11.2. The summed E-state index contributed by atoms with van der Waals surface area (Å²) in [5.41, 5.74) is 6.93. The molecule has 4 heteroatoms. The maximum absolute atomic E-state index is 15.0. The number of rotatable bonds is 6. The third-order valence-electron chi connectivity index (χ3n) is 9.35. The third-order valence-corrected chi connectivity index (χ3v) is 9.35. The highest BCUT2D eigenvalue weighted by molar-refractivity contribution is 5.87. The Balaban J connectivity index is 1.28. The second-order valence-electron chi connectivity index (χ2n) is 11.7. The lowest BCUT2D eigenvalue weighted by Gasteiger charge is -2.43. The molecule has 0 radical (unpaired) electrons. The third kappa shape index (κ3) is 4.80. The first-order valence-electron chi connectivity index (χ1n) is 15.0. The van der Waals surface area contributed by atoms with Crippen molar-refractivity contribution in [2.75, 3.05) is 6.54 Å². The minimum absolute atomic E-state index is 0.00922. The molecule has 0 N–H and O–H groups in total. The van der Waals surface area contributed by atoms with E-state index < -0.39 is 6.04 Å². The highest BCUT2D eigenvalue weighted by Gasteiger charge is 2.39. The molecule has 5 aromatic rings. The molecule has 1 heterocycles. The Labute approximate surface area is 247 Å². The van der Waals surface area contributed by atoms with E-state index in [1.165, 1.54) is 44.7 Å². The summed E-state index contributed by atoms with van der Waals surface area (Å²) in [6, 6.07) is 38.5. The van der Waals surface area contributed by atoms with Gasteiger partial charge in [0.1, 0.15) is 5.82 Å². The molecule has 5 aromatic carbocycles. The molecule has 0 aromatic heterocycles. The van der Waals surface area contributed by atoms with Crippen LogP contribution >= 0.6 is 0 Å². The van der Waals surface area contributed by atoms with Crippen molar-refractivity contribution in [2.24, 2.45) is 0 Å². The molecule has 0 spiro atoms. The molecule has 0 bridgehead atoms. The van der Waals surface area contributed by atoms with Crippen LogP contribution in [0.25, 0.3) is 10.8 Å². The zero-order valence-corrected chi connectivity index (χ0v) is 23.9. The van der Waals surface area contributed by atoms with Gasteiger partial charge in [-0.25, -0.2) is 4.39 Å². The van der Waals surface area contributed by atoms with E-state index >= 15 is 0 Å². The van der Waals surface area contributed by atoms with Crippen LogP contribution in [0.15, 0.2) is 115 Å². The lowest BCUT2D eigenvalue weighted by molar-refractivity contribution is -0.140. The van der Waals surface area contributed by atoms with Crippen LogP contribution in [0.3, 0.4) is 0 Å². The molecule has 3 nitrogen and oxygen atoms in total. The van der Waals surface area contributed by atoms with Crippen molar-refractivity contribution in [3.63, 3.8) is 0 Å². The first kappa shape index (κ1) is 26.6. The largest absolute Gasteiger partial charge is 0.333 e. The van der Waals surface area contributed by atoms with Gasteiger partial charge in [0.05, 0.1) is 12.1 Å². The van der Waals surface area contributed by atoms with E-state index in [0.29, 0.717) is 5.56 Å². The van der Waals surface area contributed by atoms with Crippen LogP contribution in [0.1, 0.15) is 46.3 Å². The molecule has 7 rings (SSSR count). The molecule has 0 unspecified atom stereocenters. The summed E-state index contributed by atoms with van der Waals surface area (Å²) in [5.74, 6) is -0.209. The summed E-state index contributed by atoms with van der Waals surface area (Å²) in [4.78, 5) is 19.1. The summed E-state index contributed by atoms with van der Waals surface area (Å²) in [6.07, 6.45) is 2.47. The Morgan fingerprint density at radius 1 is 0.786 bits per heavy atom. The molecule has 1 amide bonds. The minimum atomic E-state index is -0.391. The van der Waals surface area contributed by atoms with Crippen molar-refractivity contribution >= 4 is 16.7 Å². The molecule has 210 valence electrons. The van der Waals surface area contributed by atoms with Crippen molar-refractivity contribution in [2.45, 2.75) is 50.9 Å². The topological polar surface area (TPSA) is 23.6 Å². The van der Waals surface area contributed by atoms with Crippen LogP contribution in [0.2, 0.25) is 0 Å². The van der Waals surface area contributed by atoms with Gasteiger partial charge in [-0.15, -0.1) is 0 Å². The monoisotopic (exact) mass is 554 g/mol. The number of carbonyl (C=O) groups is 1. The van der Waals surface area contributed by atoms with E-state index in [0.717, 1.165) is 25.8 Å². The summed E-state index contributed by atoms with van der Waals surface area (Å²) in [6.45, 7) is 3.08.